The van der Waals surface area contributed by atoms with Crippen LogP contribution in [0.2, 0.25) is 0 Å². The molecule has 5 atom stereocenters. The number of fused-ring (bicyclic) bond motifs is 1. The average molecular weight is 285 g/mol. The summed E-state index contributed by atoms with van der Waals surface area (Å²) >= 11 is 0. The Labute approximate surface area is 121 Å². The molecule has 0 spiro atoms. The molecule has 116 valence electrons. The fourth-order valence-corrected chi connectivity index (χ4v) is 3.30. The van der Waals surface area contributed by atoms with Crippen molar-refractivity contribution in [3.8, 4) is 0 Å². The van der Waals surface area contributed by atoms with Gasteiger partial charge in [-0.2, -0.15) is 0 Å². The molecule has 0 aromatic rings. The summed E-state index contributed by atoms with van der Waals surface area (Å²) in [5, 5.41) is 13.1. The molecular weight excluding hydrogens is 258 g/mol. The Morgan fingerprint density at radius 1 is 1.30 bits per heavy atom. The van der Waals surface area contributed by atoms with Crippen molar-refractivity contribution in [2.24, 2.45) is 11.8 Å². The third-order valence-corrected chi connectivity index (χ3v) is 4.31. The van der Waals surface area contributed by atoms with Crippen molar-refractivity contribution in [2.75, 3.05) is 6.61 Å². The van der Waals surface area contributed by atoms with Crippen LogP contribution in [0.4, 0.5) is 4.79 Å². The number of carbonyl (C=O) groups is 1. The van der Waals surface area contributed by atoms with Gasteiger partial charge in [0.25, 0.3) is 0 Å². The minimum Gasteiger partial charge on any atom is -0.444 e. The molecule has 0 aromatic heterocycles. The molecule has 1 unspecified atom stereocenters. The number of hydrogen-bond acceptors (Lipinski definition) is 4. The van der Waals surface area contributed by atoms with Crippen molar-refractivity contribution in [1.29, 1.82) is 0 Å². The van der Waals surface area contributed by atoms with Crippen molar-refractivity contribution in [2.45, 2.75) is 70.8 Å². The zero-order chi connectivity index (χ0) is 14.9. The van der Waals surface area contributed by atoms with Crippen molar-refractivity contribution in [3.63, 3.8) is 0 Å². The third-order valence-electron chi connectivity index (χ3n) is 4.31. The minimum atomic E-state index is -0.496. The van der Waals surface area contributed by atoms with E-state index in [9.17, 15) is 9.90 Å². The van der Waals surface area contributed by atoms with Gasteiger partial charge in [-0.3, -0.25) is 0 Å². The van der Waals surface area contributed by atoms with Gasteiger partial charge in [0, 0.05) is 24.5 Å². The highest BCUT2D eigenvalue weighted by Gasteiger charge is 2.43. The van der Waals surface area contributed by atoms with Crippen molar-refractivity contribution in [3.05, 3.63) is 0 Å². The number of alkyl carbamates (subject to hydrolysis) is 1. The van der Waals surface area contributed by atoms with Gasteiger partial charge in [0.1, 0.15) is 5.60 Å². The Hall–Kier alpha value is -0.810. The number of hydrogen-bond donors (Lipinski definition) is 2. The van der Waals surface area contributed by atoms with E-state index in [-0.39, 0.29) is 36.2 Å². The van der Waals surface area contributed by atoms with Crippen LogP contribution in [-0.4, -0.2) is 41.7 Å². The highest BCUT2D eigenvalue weighted by Crippen LogP contribution is 2.36. The first-order valence-corrected chi connectivity index (χ1v) is 7.57. The molecule has 1 heterocycles. The highest BCUT2D eigenvalue weighted by atomic mass is 16.6. The maximum Gasteiger partial charge on any atom is 0.407 e. The molecule has 1 aliphatic carbocycles. The second-order valence-corrected chi connectivity index (χ2v) is 7.04. The van der Waals surface area contributed by atoms with Crippen LogP contribution in [0.3, 0.4) is 0 Å². The predicted molar refractivity (Wildman–Crippen MR) is 75.4 cm³/mol. The summed E-state index contributed by atoms with van der Waals surface area (Å²) in [4.78, 5) is 11.9. The van der Waals surface area contributed by atoms with Gasteiger partial charge in [0.05, 0.1) is 12.2 Å². The van der Waals surface area contributed by atoms with Crippen LogP contribution in [0.15, 0.2) is 0 Å². The van der Waals surface area contributed by atoms with E-state index in [4.69, 9.17) is 9.47 Å². The van der Waals surface area contributed by atoms with Crippen molar-refractivity contribution < 1.29 is 19.4 Å². The van der Waals surface area contributed by atoms with Gasteiger partial charge in [-0.1, -0.05) is 6.92 Å². The minimum absolute atomic E-state index is 0.00685. The Balaban J connectivity index is 1.99. The summed E-state index contributed by atoms with van der Waals surface area (Å²) < 4.78 is 11.1. The standard InChI is InChI=1S/C15H27NO4/c1-9-11(16-14(18)20-15(2,3)4)5-6-12(17)10-7-8-19-13(9)10/h9-13,17H,5-8H2,1-4H3,(H,16,18)/t9-,10+,11-,12?,13+/m0/s1. The second-order valence-electron chi connectivity index (χ2n) is 7.04. The lowest BCUT2D eigenvalue weighted by atomic mass is 9.87. The second kappa shape index (κ2) is 5.90. The molecule has 2 fully saturated rings. The summed E-state index contributed by atoms with van der Waals surface area (Å²) in [7, 11) is 0. The number of nitrogens with one attached hydrogen (secondary N) is 1. The van der Waals surface area contributed by atoms with Crippen LogP contribution >= 0.6 is 0 Å². The summed E-state index contributed by atoms with van der Waals surface area (Å²) in [6.45, 7) is 8.34. The topological polar surface area (TPSA) is 67.8 Å². The molecule has 0 radical (unpaired) electrons. The van der Waals surface area contributed by atoms with Gasteiger partial charge in [0.15, 0.2) is 0 Å². The largest absolute Gasteiger partial charge is 0.444 e. The molecule has 5 heteroatoms. The summed E-state index contributed by atoms with van der Waals surface area (Å²) in [5.41, 5.74) is -0.496. The molecule has 1 amide bonds. The van der Waals surface area contributed by atoms with Gasteiger partial charge in [-0.25, -0.2) is 4.79 Å². The van der Waals surface area contributed by atoms with E-state index >= 15 is 0 Å². The Kier molecular flexibility index (Phi) is 4.59. The SMILES string of the molecule is C[C@@H]1[C@H]2OCC[C@@H]2C(O)CC[C@@H]1NC(=O)OC(C)(C)C. The molecule has 2 aliphatic rings. The van der Waals surface area contributed by atoms with E-state index in [1.165, 1.54) is 0 Å². The zero-order valence-corrected chi connectivity index (χ0v) is 12.9. The van der Waals surface area contributed by atoms with Gasteiger partial charge < -0.3 is 19.9 Å². The van der Waals surface area contributed by atoms with Gasteiger partial charge in [0.2, 0.25) is 0 Å². The molecule has 1 saturated heterocycles. The quantitative estimate of drug-likeness (QED) is 0.774. The highest BCUT2D eigenvalue weighted by molar-refractivity contribution is 5.68. The molecule has 20 heavy (non-hydrogen) atoms. The van der Waals surface area contributed by atoms with Crippen LogP contribution < -0.4 is 5.32 Å². The van der Waals surface area contributed by atoms with Crippen LogP contribution in [0.5, 0.6) is 0 Å². The third kappa shape index (κ3) is 3.64. The normalized spacial score (nSPS) is 38.0. The molecule has 1 aliphatic heterocycles. The molecule has 1 saturated carbocycles. The van der Waals surface area contributed by atoms with E-state index in [1.807, 2.05) is 20.8 Å². The van der Waals surface area contributed by atoms with E-state index in [1.54, 1.807) is 0 Å². The average Bonchev–Trinajstić information content (AvgIpc) is 2.76. The summed E-state index contributed by atoms with van der Waals surface area (Å²) in [6.07, 6.45) is 1.70. The van der Waals surface area contributed by atoms with Crippen LogP contribution in [0.1, 0.15) is 47.0 Å². The fourth-order valence-electron chi connectivity index (χ4n) is 3.30. The zero-order valence-electron chi connectivity index (χ0n) is 12.9. The van der Waals surface area contributed by atoms with Crippen molar-refractivity contribution in [1.82, 2.24) is 5.32 Å². The number of aliphatic hydroxyl groups excluding tert-OH is 1. The molecule has 0 aromatic carbocycles. The molecular formula is C15H27NO4. The van der Waals surface area contributed by atoms with Gasteiger partial charge in [-0.15, -0.1) is 0 Å². The van der Waals surface area contributed by atoms with E-state index in [2.05, 4.69) is 12.2 Å². The van der Waals surface area contributed by atoms with Crippen molar-refractivity contribution >= 4 is 6.09 Å². The van der Waals surface area contributed by atoms with Gasteiger partial charge in [-0.05, 0) is 40.0 Å². The maximum atomic E-state index is 11.9. The smallest absolute Gasteiger partial charge is 0.407 e. The van der Waals surface area contributed by atoms with E-state index < -0.39 is 5.60 Å². The lowest BCUT2D eigenvalue weighted by molar-refractivity contribution is 0.00660. The number of rotatable bonds is 1. The van der Waals surface area contributed by atoms with Crippen LogP contribution in [-0.2, 0) is 9.47 Å². The Morgan fingerprint density at radius 3 is 2.65 bits per heavy atom. The molecule has 5 nitrogen and oxygen atoms in total. The first-order valence-electron chi connectivity index (χ1n) is 7.57. The molecule has 2 N–H and O–H groups in total. The van der Waals surface area contributed by atoms with E-state index in [0.29, 0.717) is 13.0 Å². The summed E-state index contributed by atoms with van der Waals surface area (Å²) in [6, 6.07) is -0.00685. The summed E-state index contributed by atoms with van der Waals surface area (Å²) in [5.74, 6) is 0.391. The lowest BCUT2D eigenvalue weighted by Crippen LogP contribution is -2.45. The Morgan fingerprint density at radius 2 is 2.00 bits per heavy atom. The number of aliphatic hydroxyl groups is 1. The molecule has 0 bridgehead atoms. The lowest BCUT2D eigenvalue weighted by Gasteiger charge is -2.30. The van der Waals surface area contributed by atoms with Crippen LogP contribution in [0.25, 0.3) is 0 Å². The number of amides is 1. The molecule has 2 rings (SSSR count). The van der Waals surface area contributed by atoms with Crippen LogP contribution in [0, 0.1) is 11.8 Å². The number of carbonyl (C=O) groups excluding carboxylic acids is 1. The predicted octanol–water partition coefficient (Wildman–Crippen LogP) is 2.08. The van der Waals surface area contributed by atoms with Gasteiger partial charge >= 0.3 is 6.09 Å². The van der Waals surface area contributed by atoms with E-state index in [0.717, 1.165) is 12.8 Å². The number of ether oxygens (including phenoxy) is 2. The maximum absolute atomic E-state index is 11.9. The first-order chi connectivity index (χ1) is 9.28. The Bertz CT molecular complexity index is 352. The first kappa shape index (κ1) is 15.6. The fraction of sp³-hybridized carbons (Fsp3) is 0.933. The monoisotopic (exact) mass is 285 g/mol.